The van der Waals surface area contributed by atoms with Gasteiger partial charge in [-0.15, -0.1) is 0 Å². The smallest absolute Gasteiger partial charge is 0.379 e. The highest BCUT2D eigenvalue weighted by atomic mass is 19.4. The first-order valence-corrected chi connectivity index (χ1v) is 5.44. The van der Waals surface area contributed by atoms with Gasteiger partial charge in [0.25, 0.3) is 0 Å². The van der Waals surface area contributed by atoms with E-state index >= 15 is 0 Å². The van der Waals surface area contributed by atoms with Crippen LogP contribution in [0.5, 0.6) is 0 Å². The standard InChI is InChI=1S/C11H13F3N2O/c12-11(13,14)10(17)8-3-4-9(15-7-8)16-5-1-2-6-16/h3-4,7,10,17H,1-2,5-6H2/t10-/m0/s1. The summed E-state index contributed by atoms with van der Waals surface area (Å²) in [6.07, 6.45) is -3.85. The van der Waals surface area contributed by atoms with E-state index in [1.165, 1.54) is 12.1 Å². The maximum atomic E-state index is 12.2. The molecule has 94 valence electrons. The quantitative estimate of drug-likeness (QED) is 0.869. The van der Waals surface area contributed by atoms with Crippen molar-refractivity contribution in [2.24, 2.45) is 0 Å². The zero-order valence-electron chi connectivity index (χ0n) is 9.11. The van der Waals surface area contributed by atoms with Gasteiger partial charge in [-0.1, -0.05) is 6.07 Å². The summed E-state index contributed by atoms with van der Waals surface area (Å²) in [6.45, 7) is 1.77. The molecular formula is C11H13F3N2O. The van der Waals surface area contributed by atoms with Crippen LogP contribution in [0.1, 0.15) is 24.5 Å². The van der Waals surface area contributed by atoms with Crippen molar-refractivity contribution in [3.05, 3.63) is 23.9 Å². The number of halogens is 3. The largest absolute Gasteiger partial charge is 0.418 e. The topological polar surface area (TPSA) is 36.4 Å². The monoisotopic (exact) mass is 246 g/mol. The maximum absolute atomic E-state index is 12.2. The van der Waals surface area contributed by atoms with Crippen molar-refractivity contribution in [2.45, 2.75) is 25.1 Å². The molecule has 6 heteroatoms. The van der Waals surface area contributed by atoms with Crippen LogP contribution in [0.25, 0.3) is 0 Å². The summed E-state index contributed by atoms with van der Waals surface area (Å²) in [5.74, 6) is 0.667. The Kier molecular flexibility index (Phi) is 3.24. The number of aliphatic hydroxyl groups is 1. The molecule has 0 aromatic carbocycles. The van der Waals surface area contributed by atoms with Crippen molar-refractivity contribution in [2.75, 3.05) is 18.0 Å². The molecule has 1 N–H and O–H groups in total. The SMILES string of the molecule is O[C@@H](c1ccc(N2CCCC2)nc1)C(F)(F)F. The summed E-state index contributed by atoms with van der Waals surface area (Å²) in [4.78, 5) is 5.98. The minimum absolute atomic E-state index is 0.222. The predicted molar refractivity (Wildman–Crippen MR) is 56.7 cm³/mol. The average molecular weight is 246 g/mol. The molecule has 0 amide bonds. The number of anilines is 1. The summed E-state index contributed by atoms with van der Waals surface area (Å²) >= 11 is 0. The van der Waals surface area contributed by atoms with Gasteiger partial charge in [-0.05, 0) is 18.9 Å². The zero-order valence-corrected chi connectivity index (χ0v) is 9.11. The molecule has 1 aromatic heterocycles. The van der Waals surface area contributed by atoms with Crippen molar-refractivity contribution < 1.29 is 18.3 Å². The molecule has 1 aromatic rings. The van der Waals surface area contributed by atoms with Gasteiger partial charge in [0.15, 0.2) is 6.10 Å². The van der Waals surface area contributed by atoms with E-state index in [-0.39, 0.29) is 5.56 Å². The van der Waals surface area contributed by atoms with Gasteiger partial charge in [0.1, 0.15) is 5.82 Å². The Bertz CT molecular complexity index is 371. The molecule has 0 bridgehead atoms. The van der Waals surface area contributed by atoms with E-state index in [0.717, 1.165) is 32.1 Å². The Morgan fingerprint density at radius 3 is 2.35 bits per heavy atom. The summed E-state index contributed by atoms with van der Waals surface area (Å²) in [5.41, 5.74) is -0.222. The second-order valence-corrected chi connectivity index (χ2v) is 4.09. The minimum atomic E-state index is -4.64. The number of pyridine rings is 1. The van der Waals surface area contributed by atoms with Gasteiger partial charge in [0.2, 0.25) is 0 Å². The van der Waals surface area contributed by atoms with E-state index < -0.39 is 12.3 Å². The Hall–Kier alpha value is -1.30. The van der Waals surface area contributed by atoms with Gasteiger partial charge in [-0.2, -0.15) is 13.2 Å². The molecule has 3 nitrogen and oxygen atoms in total. The number of nitrogens with zero attached hydrogens (tertiary/aromatic N) is 2. The third-order valence-corrected chi connectivity index (χ3v) is 2.83. The molecular weight excluding hydrogens is 233 g/mol. The van der Waals surface area contributed by atoms with Crippen molar-refractivity contribution in [1.29, 1.82) is 0 Å². The second-order valence-electron chi connectivity index (χ2n) is 4.09. The van der Waals surface area contributed by atoms with E-state index in [2.05, 4.69) is 4.98 Å². The van der Waals surface area contributed by atoms with Crippen LogP contribution in [0.15, 0.2) is 18.3 Å². The number of hydrogen-bond acceptors (Lipinski definition) is 3. The summed E-state index contributed by atoms with van der Waals surface area (Å²) < 4.78 is 36.7. The number of aromatic nitrogens is 1. The molecule has 17 heavy (non-hydrogen) atoms. The van der Waals surface area contributed by atoms with Crippen molar-refractivity contribution in [3.8, 4) is 0 Å². The van der Waals surface area contributed by atoms with Crippen molar-refractivity contribution >= 4 is 5.82 Å². The van der Waals surface area contributed by atoms with Crippen LogP contribution < -0.4 is 4.90 Å². The highest BCUT2D eigenvalue weighted by Gasteiger charge is 2.39. The van der Waals surface area contributed by atoms with E-state index in [0.29, 0.717) is 5.82 Å². The van der Waals surface area contributed by atoms with Gasteiger partial charge in [0.05, 0.1) is 0 Å². The summed E-state index contributed by atoms with van der Waals surface area (Å²) in [6, 6.07) is 2.80. The fraction of sp³-hybridized carbons (Fsp3) is 0.545. The van der Waals surface area contributed by atoms with Gasteiger partial charge in [-0.3, -0.25) is 0 Å². The summed E-state index contributed by atoms with van der Waals surface area (Å²) in [5, 5.41) is 9.03. The molecule has 1 atom stereocenters. The molecule has 1 fully saturated rings. The molecule has 0 unspecified atom stereocenters. The molecule has 0 aliphatic carbocycles. The van der Waals surface area contributed by atoms with Crippen LogP contribution >= 0.6 is 0 Å². The number of alkyl halides is 3. The fourth-order valence-electron chi connectivity index (χ4n) is 1.88. The summed E-state index contributed by atoms with van der Waals surface area (Å²) in [7, 11) is 0. The third kappa shape index (κ3) is 2.69. The molecule has 2 rings (SSSR count). The Labute approximate surface area is 96.9 Å². The maximum Gasteiger partial charge on any atom is 0.418 e. The molecule has 1 aliphatic rings. The lowest BCUT2D eigenvalue weighted by molar-refractivity contribution is -0.206. The second kappa shape index (κ2) is 4.52. The lowest BCUT2D eigenvalue weighted by Crippen LogP contribution is -2.22. The van der Waals surface area contributed by atoms with Crippen LogP contribution in [0, 0.1) is 0 Å². The van der Waals surface area contributed by atoms with Gasteiger partial charge in [0, 0.05) is 24.8 Å². The van der Waals surface area contributed by atoms with E-state index in [1.54, 1.807) is 0 Å². The van der Waals surface area contributed by atoms with E-state index in [9.17, 15) is 13.2 Å². The minimum Gasteiger partial charge on any atom is -0.379 e. The van der Waals surface area contributed by atoms with Crippen LogP contribution in [-0.2, 0) is 0 Å². The van der Waals surface area contributed by atoms with Crippen LogP contribution in [0.3, 0.4) is 0 Å². The molecule has 2 heterocycles. The number of aliphatic hydroxyl groups excluding tert-OH is 1. The van der Waals surface area contributed by atoms with E-state index in [1.807, 2.05) is 4.90 Å². The third-order valence-electron chi connectivity index (χ3n) is 2.83. The Morgan fingerprint density at radius 1 is 1.24 bits per heavy atom. The van der Waals surface area contributed by atoms with Gasteiger partial charge in [-0.25, -0.2) is 4.98 Å². The fourth-order valence-corrected chi connectivity index (χ4v) is 1.88. The Morgan fingerprint density at radius 2 is 1.88 bits per heavy atom. The average Bonchev–Trinajstić information content (AvgIpc) is 2.80. The Balaban J connectivity index is 2.12. The van der Waals surface area contributed by atoms with E-state index in [4.69, 9.17) is 5.11 Å². The molecule has 0 radical (unpaired) electrons. The molecule has 0 spiro atoms. The normalized spacial score (nSPS) is 18.5. The lowest BCUT2D eigenvalue weighted by atomic mass is 10.1. The highest BCUT2D eigenvalue weighted by Crippen LogP contribution is 2.32. The highest BCUT2D eigenvalue weighted by molar-refractivity contribution is 5.40. The van der Waals surface area contributed by atoms with Crippen molar-refractivity contribution in [3.63, 3.8) is 0 Å². The first-order valence-electron chi connectivity index (χ1n) is 5.44. The first-order chi connectivity index (χ1) is 7.98. The number of rotatable bonds is 2. The number of hydrogen-bond donors (Lipinski definition) is 1. The van der Waals surface area contributed by atoms with Crippen LogP contribution in [-0.4, -0.2) is 29.4 Å². The van der Waals surface area contributed by atoms with Crippen molar-refractivity contribution in [1.82, 2.24) is 4.98 Å². The zero-order chi connectivity index (χ0) is 12.5. The molecule has 1 aliphatic heterocycles. The lowest BCUT2D eigenvalue weighted by Gasteiger charge is -2.18. The van der Waals surface area contributed by atoms with Gasteiger partial charge < -0.3 is 10.0 Å². The van der Waals surface area contributed by atoms with Crippen LogP contribution in [0.2, 0.25) is 0 Å². The van der Waals surface area contributed by atoms with Gasteiger partial charge >= 0.3 is 6.18 Å². The predicted octanol–water partition coefficient (Wildman–Crippen LogP) is 2.28. The molecule has 0 saturated carbocycles. The van der Waals surface area contributed by atoms with Crippen LogP contribution in [0.4, 0.5) is 19.0 Å². The molecule has 1 saturated heterocycles. The first kappa shape index (κ1) is 12.2.